The van der Waals surface area contributed by atoms with Crippen molar-refractivity contribution in [3.8, 4) is 0 Å². The second-order valence-electron chi connectivity index (χ2n) is 3.55. The van der Waals surface area contributed by atoms with Crippen molar-refractivity contribution >= 4 is 6.09 Å². The smallest absolute Gasteiger partial charge is 0.406 e. The lowest BCUT2D eigenvalue weighted by molar-refractivity contribution is 0.164. The van der Waals surface area contributed by atoms with Crippen LogP contribution in [0.5, 0.6) is 0 Å². The standard InChI is InChI=1S/C8H18N2O2/c1-8(2,4-5-9)6-10-7(11)12-3/h4-6,9H2,1-3H3,(H,10,11). The number of hydrogen-bond acceptors (Lipinski definition) is 3. The maximum Gasteiger partial charge on any atom is 0.406 e. The summed E-state index contributed by atoms with van der Waals surface area (Å²) in [6.07, 6.45) is 0.497. The molecular weight excluding hydrogens is 156 g/mol. The molecule has 0 radical (unpaired) electrons. The summed E-state index contributed by atoms with van der Waals surface area (Å²) in [5.74, 6) is 0. The fraction of sp³-hybridized carbons (Fsp3) is 0.875. The molecule has 0 aromatic rings. The van der Waals surface area contributed by atoms with E-state index in [0.717, 1.165) is 6.42 Å². The van der Waals surface area contributed by atoms with Crippen LogP contribution in [-0.4, -0.2) is 26.3 Å². The number of hydrogen-bond donors (Lipinski definition) is 2. The SMILES string of the molecule is COC(=O)NCC(C)(C)CCN. The fourth-order valence-corrected chi connectivity index (χ4v) is 0.863. The lowest BCUT2D eigenvalue weighted by Gasteiger charge is -2.23. The van der Waals surface area contributed by atoms with E-state index in [2.05, 4.69) is 23.9 Å². The highest BCUT2D eigenvalue weighted by atomic mass is 16.5. The van der Waals surface area contributed by atoms with E-state index in [1.807, 2.05) is 0 Å². The predicted molar refractivity (Wildman–Crippen MR) is 47.9 cm³/mol. The van der Waals surface area contributed by atoms with Gasteiger partial charge in [-0.05, 0) is 18.4 Å². The molecule has 3 N–H and O–H groups in total. The lowest BCUT2D eigenvalue weighted by Crippen LogP contribution is -2.35. The largest absolute Gasteiger partial charge is 0.453 e. The van der Waals surface area contributed by atoms with Crippen LogP contribution in [0.25, 0.3) is 0 Å². The highest BCUT2D eigenvalue weighted by molar-refractivity contribution is 5.66. The van der Waals surface area contributed by atoms with E-state index >= 15 is 0 Å². The predicted octanol–water partition coefficient (Wildman–Crippen LogP) is 0.717. The van der Waals surface area contributed by atoms with Crippen molar-refractivity contribution in [3.63, 3.8) is 0 Å². The van der Waals surface area contributed by atoms with Gasteiger partial charge in [-0.15, -0.1) is 0 Å². The minimum atomic E-state index is -0.389. The summed E-state index contributed by atoms with van der Waals surface area (Å²) in [6, 6.07) is 0. The van der Waals surface area contributed by atoms with Gasteiger partial charge in [-0.1, -0.05) is 13.8 Å². The molecule has 0 bridgehead atoms. The molecule has 0 fully saturated rings. The van der Waals surface area contributed by atoms with Gasteiger partial charge in [0.1, 0.15) is 0 Å². The van der Waals surface area contributed by atoms with Crippen LogP contribution in [-0.2, 0) is 4.74 Å². The third-order valence-corrected chi connectivity index (χ3v) is 1.72. The highest BCUT2D eigenvalue weighted by Crippen LogP contribution is 2.17. The number of rotatable bonds is 4. The van der Waals surface area contributed by atoms with Crippen LogP contribution in [0.1, 0.15) is 20.3 Å². The molecule has 0 aliphatic carbocycles. The molecule has 0 saturated carbocycles. The summed E-state index contributed by atoms with van der Waals surface area (Å²) in [5, 5.41) is 2.64. The minimum Gasteiger partial charge on any atom is -0.453 e. The number of carbonyl (C=O) groups is 1. The van der Waals surface area contributed by atoms with Crippen molar-refractivity contribution in [3.05, 3.63) is 0 Å². The monoisotopic (exact) mass is 174 g/mol. The summed E-state index contributed by atoms with van der Waals surface area (Å²) < 4.78 is 4.44. The second kappa shape index (κ2) is 4.98. The van der Waals surface area contributed by atoms with Crippen molar-refractivity contribution in [2.75, 3.05) is 20.2 Å². The molecule has 12 heavy (non-hydrogen) atoms. The molecule has 4 heteroatoms. The summed E-state index contributed by atoms with van der Waals surface area (Å²) in [7, 11) is 1.35. The number of ether oxygens (including phenoxy) is 1. The van der Waals surface area contributed by atoms with Crippen LogP contribution in [0, 0.1) is 5.41 Å². The van der Waals surface area contributed by atoms with Crippen molar-refractivity contribution in [2.24, 2.45) is 11.1 Å². The van der Waals surface area contributed by atoms with E-state index < -0.39 is 0 Å². The first kappa shape index (κ1) is 11.2. The summed E-state index contributed by atoms with van der Waals surface area (Å²) in [4.78, 5) is 10.7. The van der Waals surface area contributed by atoms with E-state index in [4.69, 9.17) is 5.73 Å². The average molecular weight is 174 g/mol. The van der Waals surface area contributed by atoms with E-state index in [1.165, 1.54) is 7.11 Å². The molecule has 0 spiro atoms. The zero-order valence-corrected chi connectivity index (χ0v) is 8.02. The van der Waals surface area contributed by atoms with Gasteiger partial charge in [0.15, 0.2) is 0 Å². The van der Waals surface area contributed by atoms with Gasteiger partial charge in [-0.3, -0.25) is 0 Å². The molecule has 0 saturated heterocycles. The number of methoxy groups -OCH3 is 1. The summed E-state index contributed by atoms with van der Waals surface area (Å²) in [5.41, 5.74) is 5.45. The van der Waals surface area contributed by atoms with E-state index in [1.54, 1.807) is 0 Å². The zero-order valence-electron chi connectivity index (χ0n) is 8.02. The van der Waals surface area contributed by atoms with Crippen LogP contribution in [0.4, 0.5) is 4.79 Å². The minimum absolute atomic E-state index is 0.0446. The average Bonchev–Trinajstić information content (AvgIpc) is 2.00. The van der Waals surface area contributed by atoms with Crippen molar-refractivity contribution in [1.82, 2.24) is 5.32 Å². The third-order valence-electron chi connectivity index (χ3n) is 1.72. The first-order chi connectivity index (χ1) is 5.52. The van der Waals surface area contributed by atoms with Crippen molar-refractivity contribution < 1.29 is 9.53 Å². The number of nitrogens with one attached hydrogen (secondary N) is 1. The molecule has 0 atom stereocenters. The lowest BCUT2D eigenvalue weighted by atomic mass is 9.89. The molecule has 0 rings (SSSR count). The van der Waals surface area contributed by atoms with Crippen LogP contribution in [0.3, 0.4) is 0 Å². The zero-order chi connectivity index (χ0) is 9.61. The molecule has 0 aromatic carbocycles. The summed E-state index contributed by atoms with van der Waals surface area (Å²) >= 11 is 0. The van der Waals surface area contributed by atoms with Gasteiger partial charge in [0, 0.05) is 6.54 Å². The number of amides is 1. The van der Waals surface area contributed by atoms with Crippen LogP contribution < -0.4 is 11.1 Å². The fourth-order valence-electron chi connectivity index (χ4n) is 0.863. The van der Waals surface area contributed by atoms with Gasteiger partial charge >= 0.3 is 6.09 Å². The molecule has 72 valence electrons. The Bertz CT molecular complexity index is 146. The molecule has 4 nitrogen and oxygen atoms in total. The third kappa shape index (κ3) is 4.96. The maximum absolute atomic E-state index is 10.7. The van der Waals surface area contributed by atoms with E-state index in [-0.39, 0.29) is 11.5 Å². The maximum atomic E-state index is 10.7. The Kier molecular flexibility index (Phi) is 4.66. The number of nitrogens with two attached hydrogens (primary N) is 1. The molecule has 0 aliphatic heterocycles. The van der Waals surface area contributed by atoms with Crippen LogP contribution >= 0.6 is 0 Å². The van der Waals surface area contributed by atoms with Crippen LogP contribution in [0.15, 0.2) is 0 Å². The first-order valence-corrected chi connectivity index (χ1v) is 4.04. The molecule has 1 amide bonds. The Morgan fingerprint density at radius 3 is 2.58 bits per heavy atom. The van der Waals surface area contributed by atoms with Crippen LogP contribution in [0.2, 0.25) is 0 Å². The quantitative estimate of drug-likeness (QED) is 0.660. The normalized spacial score (nSPS) is 11.0. The number of carbonyl (C=O) groups excluding carboxylic acids is 1. The molecule has 0 aromatic heterocycles. The molecular formula is C8H18N2O2. The first-order valence-electron chi connectivity index (χ1n) is 4.04. The summed E-state index contributed by atoms with van der Waals surface area (Å²) in [6.45, 7) is 5.33. The molecule has 0 unspecified atom stereocenters. The molecule has 0 heterocycles. The van der Waals surface area contributed by atoms with E-state index in [9.17, 15) is 4.79 Å². The van der Waals surface area contributed by atoms with E-state index in [0.29, 0.717) is 13.1 Å². The van der Waals surface area contributed by atoms with Gasteiger partial charge in [-0.2, -0.15) is 0 Å². The molecule has 0 aliphatic rings. The van der Waals surface area contributed by atoms with Crippen molar-refractivity contribution in [1.29, 1.82) is 0 Å². The Balaban J connectivity index is 3.67. The van der Waals surface area contributed by atoms with Gasteiger partial charge in [0.2, 0.25) is 0 Å². The van der Waals surface area contributed by atoms with Gasteiger partial charge < -0.3 is 15.8 Å². The Morgan fingerprint density at radius 1 is 1.58 bits per heavy atom. The Labute approximate surface area is 73.5 Å². The van der Waals surface area contributed by atoms with Gasteiger partial charge in [-0.25, -0.2) is 4.79 Å². The highest BCUT2D eigenvalue weighted by Gasteiger charge is 2.17. The number of alkyl carbamates (subject to hydrolysis) is 1. The Hall–Kier alpha value is -0.770. The van der Waals surface area contributed by atoms with Gasteiger partial charge in [0.25, 0.3) is 0 Å². The topological polar surface area (TPSA) is 64.3 Å². The van der Waals surface area contributed by atoms with Crippen molar-refractivity contribution in [2.45, 2.75) is 20.3 Å². The van der Waals surface area contributed by atoms with Gasteiger partial charge in [0.05, 0.1) is 7.11 Å². The second-order valence-corrected chi connectivity index (χ2v) is 3.55. The Morgan fingerprint density at radius 2 is 2.17 bits per heavy atom.